The molecule has 110 valence electrons. The summed E-state index contributed by atoms with van der Waals surface area (Å²) < 4.78 is 5.38. The molecule has 0 aromatic carbocycles. The Kier molecular flexibility index (Phi) is 4.33. The van der Waals surface area contributed by atoms with Crippen molar-refractivity contribution in [1.82, 2.24) is 10.6 Å². The Balaban J connectivity index is 1.60. The normalized spacial score (nSPS) is 21.1. The average molecular weight is 322 g/mol. The number of nitrogens with one attached hydrogen (secondary N) is 2. The van der Waals surface area contributed by atoms with Crippen LogP contribution < -0.4 is 10.6 Å². The van der Waals surface area contributed by atoms with Crippen molar-refractivity contribution < 1.29 is 14.3 Å². The highest BCUT2D eigenvalue weighted by atomic mass is 32.1. The second-order valence-corrected chi connectivity index (χ2v) is 6.28. The average Bonchev–Trinajstić information content (AvgIpc) is 3.22. The first-order chi connectivity index (χ1) is 10.2. The van der Waals surface area contributed by atoms with Crippen molar-refractivity contribution in [2.24, 2.45) is 0 Å². The van der Waals surface area contributed by atoms with Gasteiger partial charge in [0.25, 0.3) is 11.8 Å². The zero-order valence-electron chi connectivity index (χ0n) is 11.1. The maximum atomic E-state index is 12.1. The summed E-state index contributed by atoms with van der Waals surface area (Å²) in [5, 5.41) is 13.1. The van der Waals surface area contributed by atoms with Gasteiger partial charge in [0.2, 0.25) is 0 Å². The summed E-state index contributed by atoms with van der Waals surface area (Å²) in [6.45, 7) is 0.814. The van der Waals surface area contributed by atoms with Crippen molar-refractivity contribution in [3.05, 3.63) is 44.8 Å². The van der Waals surface area contributed by atoms with Crippen LogP contribution in [0.3, 0.4) is 0 Å². The van der Waals surface area contributed by atoms with Crippen LogP contribution in [-0.4, -0.2) is 37.1 Å². The molecule has 1 aliphatic heterocycles. The number of amides is 2. The number of carbonyl (C=O) groups is 2. The van der Waals surface area contributed by atoms with Crippen LogP contribution in [0, 0.1) is 0 Å². The molecule has 1 aliphatic rings. The molecule has 2 aromatic rings. The molecular weight excluding hydrogens is 308 g/mol. The van der Waals surface area contributed by atoms with Crippen molar-refractivity contribution >= 4 is 34.5 Å². The number of carbonyl (C=O) groups excluding carboxylic acids is 2. The summed E-state index contributed by atoms with van der Waals surface area (Å²) in [5.74, 6) is -0.275. The summed E-state index contributed by atoms with van der Waals surface area (Å²) in [6, 6.07) is 3.13. The number of rotatable bonds is 4. The van der Waals surface area contributed by atoms with Crippen molar-refractivity contribution in [2.45, 2.75) is 12.1 Å². The first kappa shape index (κ1) is 14.2. The number of hydrogen-bond donors (Lipinski definition) is 2. The van der Waals surface area contributed by atoms with Crippen molar-refractivity contribution in [2.75, 3.05) is 13.2 Å². The number of thiophene rings is 2. The maximum Gasteiger partial charge on any atom is 0.252 e. The van der Waals surface area contributed by atoms with E-state index in [0.717, 1.165) is 0 Å². The van der Waals surface area contributed by atoms with E-state index in [1.54, 1.807) is 22.9 Å². The van der Waals surface area contributed by atoms with Gasteiger partial charge in [-0.1, -0.05) is 0 Å². The van der Waals surface area contributed by atoms with Crippen molar-refractivity contribution in [1.29, 1.82) is 0 Å². The molecule has 0 spiro atoms. The van der Waals surface area contributed by atoms with E-state index in [9.17, 15) is 9.59 Å². The van der Waals surface area contributed by atoms with E-state index in [4.69, 9.17) is 4.74 Å². The van der Waals surface area contributed by atoms with Gasteiger partial charge in [0.15, 0.2) is 0 Å². The molecule has 1 saturated heterocycles. The van der Waals surface area contributed by atoms with Gasteiger partial charge in [0.05, 0.1) is 25.3 Å². The van der Waals surface area contributed by atoms with Crippen LogP contribution >= 0.6 is 22.7 Å². The third-order valence-electron chi connectivity index (χ3n) is 3.28. The monoisotopic (exact) mass is 322 g/mol. The molecule has 2 N–H and O–H groups in total. The quantitative estimate of drug-likeness (QED) is 0.901. The summed E-state index contributed by atoms with van der Waals surface area (Å²) >= 11 is 2.95. The molecule has 7 heteroatoms. The van der Waals surface area contributed by atoms with Gasteiger partial charge in [-0.2, -0.15) is 22.7 Å². The van der Waals surface area contributed by atoms with Crippen LogP contribution in [0.4, 0.5) is 0 Å². The van der Waals surface area contributed by atoms with E-state index in [1.807, 2.05) is 10.8 Å². The molecule has 5 nitrogen and oxygen atoms in total. The smallest absolute Gasteiger partial charge is 0.252 e. The van der Waals surface area contributed by atoms with Gasteiger partial charge in [-0.05, 0) is 22.9 Å². The van der Waals surface area contributed by atoms with Crippen molar-refractivity contribution in [3.8, 4) is 0 Å². The maximum absolute atomic E-state index is 12.1. The van der Waals surface area contributed by atoms with Gasteiger partial charge in [0, 0.05) is 21.9 Å². The Labute approximate surface area is 129 Å². The molecule has 21 heavy (non-hydrogen) atoms. The zero-order chi connectivity index (χ0) is 14.7. The molecule has 0 radical (unpaired) electrons. The molecule has 0 saturated carbocycles. The first-order valence-electron chi connectivity index (χ1n) is 6.48. The van der Waals surface area contributed by atoms with Crippen LogP contribution in [0.15, 0.2) is 33.7 Å². The van der Waals surface area contributed by atoms with E-state index in [2.05, 4.69) is 10.6 Å². The molecule has 0 bridgehead atoms. The molecule has 3 rings (SSSR count). The van der Waals surface area contributed by atoms with E-state index in [0.29, 0.717) is 24.3 Å². The predicted molar refractivity (Wildman–Crippen MR) is 82.0 cm³/mol. The minimum Gasteiger partial charge on any atom is -0.377 e. The highest BCUT2D eigenvalue weighted by Crippen LogP contribution is 2.12. The van der Waals surface area contributed by atoms with Gasteiger partial charge in [0.1, 0.15) is 0 Å². The van der Waals surface area contributed by atoms with Crippen LogP contribution in [0.2, 0.25) is 0 Å². The Bertz CT molecular complexity index is 556. The lowest BCUT2D eigenvalue weighted by molar-refractivity contribution is 0.0897. The lowest BCUT2D eigenvalue weighted by atomic mass is 10.1. The Morgan fingerprint density at radius 3 is 1.81 bits per heavy atom. The first-order valence-corrected chi connectivity index (χ1v) is 8.36. The molecule has 2 amide bonds. The Hall–Kier alpha value is -1.70. The topological polar surface area (TPSA) is 67.4 Å². The lowest BCUT2D eigenvalue weighted by Crippen LogP contribution is -2.50. The summed E-state index contributed by atoms with van der Waals surface area (Å²) in [5.41, 5.74) is 1.27. The van der Waals surface area contributed by atoms with E-state index >= 15 is 0 Å². The summed E-state index contributed by atoms with van der Waals surface area (Å²) in [7, 11) is 0. The lowest BCUT2D eigenvalue weighted by Gasteiger charge is -2.19. The molecular formula is C14H14N2O3S2. The summed E-state index contributed by atoms with van der Waals surface area (Å²) in [6.07, 6.45) is 0. The van der Waals surface area contributed by atoms with E-state index in [1.165, 1.54) is 22.7 Å². The fourth-order valence-corrected chi connectivity index (χ4v) is 3.40. The van der Waals surface area contributed by atoms with Gasteiger partial charge >= 0.3 is 0 Å². The molecule has 2 atom stereocenters. The standard InChI is InChI=1S/C14H14N2O3S2/c17-13(9-1-3-20-7-9)15-11-5-19-6-12(11)16-14(18)10-2-4-21-8-10/h1-4,7-8,11-12H,5-6H2,(H,15,17)(H,16,18)/t11-,12+. The molecule has 3 heterocycles. The number of hydrogen-bond acceptors (Lipinski definition) is 5. The van der Waals surface area contributed by atoms with Gasteiger partial charge in [-0.15, -0.1) is 0 Å². The molecule has 0 unspecified atom stereocenters. The van der Waals surface area contributed by atoms with Gasteiger partial charge in [-0.25, -0.2) is 0 Å². The highest BCUT2D eigenvalue weighted by Gasteiger charge is 2.31. The van der Waals surface area contributed by atoms with Crippen molar-refractivity contribution in [3.63, 3.8) is 0 Å². The van der Waals surface area contributed by atoms with Crippen LogP contribution in [0.25, 0.3) is 0 Å². The number of ether oxygens (including phenoxy) is 1. The molecule has 2 aromatic heterocycles. The minimum atomic E-state index is -0.208. The van der Waals surface area contributed by atoms with Crippen LogP contribution in [0.1, 0.15) is 20.7 Å². The van der Waals surface area contributed by atoms with E-state index in [-0.39, 0.29) is 23.9 Å². The fourth-order valence-electron chi connectivity index (χ4n) is 2.13. The molecule has 0 aliphatic carbocycles. The Morgan fingerprint density at radius 2 is 1.43 bits per heavy atom. The third-order valence-corrected chi connectivity index (χ3v) is 4.65. The van der Waals surface area contributed by atoms with E-state index < -0.39 is 0 Å². The predicted octanol–water partition coefficient (Wildman–Crippen LogP) is 1.74. The van der Waals surface area contributed by atoms with Gasteiger partial charge < -0.3 is 15.4 Å². The van der Waals surface area contributed by atoms with Crippen LogP contribution in [0.5, 0.6) is 0 Å². The fraction of sp³-hybridized carbons (Fsp3) is 0.286. The third kappa shape index (κ3) is 3.31. The summed E-state index contributed by atoms with van der Waals surface area (Å²) in [4.78, 5) is 24.1. The highest BCUT2D eigenvalue weighted by molar-refractivity contribution is 7.08. The second kappa shape index (κ2) is 6.38. The Morgan fingerprint density at radius 1 is 0.952 bits per heavy atom. The second-order valence-electron chi connectivity index (χ2n) is 4.72. The minimum absolute atomic E-state index is 0.137. The van der Waals surface area contributed by atoms with Gasteiger partial charge in [-0.3, -0.25) is 9.59 Å². The molecule has 1 fully saturated rings. The zero-order valence-corrected chi connectivity index (χ0v) is 12.7. The SMILES string of the molecule is O=C(N[C@H]1COC[C@H]1NC(=O)c1ccsc1)c1ccsc1. The van der Waals surface area contributed by atoms with Crippen LogP contribution in [-0.2, 0) is 4.74 Å². The largest absolute Gasteiger partial charge is 0.377 e.